The lowest BCUT2D eigenvalue weighted by atomic mass is 10.1. The molecule has 128 valence electrons. The number of hydrogen-bond acceptors (Lipinski definition) is 4. The quantitative estimate of drug-likeness (QED) is 0.831. The highest BCUT2D eigenvalue weighted by Gasteiger charge is 2.29. The largest absolute Gasteiger partial charge is 0.322 e. The van der Waals surface area contributed by atoms with Crippen LogP contribution >= 0.6 is 35.0 Å². The third-order valence-electron chi connectivity index (χ3n) is 3.57. The molecular weight excluding hydrogens is 383 g/mol. The maximum atomic E-state index is 12.2. The van der Waals surface area contributed by atoms with Gasteiger partial charge in [-0.15, -0.1) is 0 Å². The summed E-state index contributed by atoms with van der Waals surface area (Å²) in [6.45, 7) is 0.228. The number of carbonyl (C=O) groups excluding carboxylic acids is 3. The molecule has 5 nitrogen and oxygen atoms in total. The van der Waals surface area contributed by atoms with Gasteiger partial charge in [-0.25, -0.2) is 0 Å². The molecule has 2 aromatic rings. The number of carbonyl (C=O) groups is 3. The number of nitrogens with zero attached hydrogens (tertiary/aromatic N) is 1. The predicted octanol–water partition coefficient (Wildman–Crippen LogP) is 4.44. The van der Waals surface area contributed by atoms with Crippen LogP contribution in [-0.4, -0.2) is 27.7 Å². The van der Waals surface area contributed by atoms with Crippen molar-refractivity contribution in [2.75, 3.05) is 11.1 Å². The fraction of sp³-hybridized carbons (Fsp3) is 0.118. The SMILES string of the molecule is O=C(Nc1ccc(CN2C(=O)CSC2=O)cc1)c1ccc(Cl)c(Cl)c1. The molecule has 0 unspecified atom stereocenters. The van der Waals surface area contributed by atoms with E-state index >= 15 is 0 Å². The van der Waals surface area contributed by atoms with Crippen molar-refractivity contribution in [3.05, 3.63) is 63.6 Å². The number of thioether (sulfide) groups is 1. The van der Waals surface area contributed by atoms with Crippen LogP contribution < -0.4 is 5.32 Å². The van der Waals surface area contributed by atoms with Crippen LogP contribution in [0, 0.1) is 0 Å². The second kappa shape index (κ2) is 7.47. The van der Waals surface area contributed by atoms with E-state index in [4.69, 9.17) is 23.2 Å². The number of rotatable bonds is 4. The van der Waals surface area contributed by atoms with E-state index in [1.165, 1.54) is 11.0 Å². The van der Waals surface area contributed by atoms with Crippen LogP contribution in [0.25, 0.3) is 0 Å². The van der Waals surface area contributed by atoms with Gasteiger partial charge in [-0.2, -0.15) is 0 Å². The number of hydrogen-bond donors (Lipinski definition) is 1. The lowest BCUT2D eigenvalue weighted by Gasteiger charge is -2.13. The fourth-order valence-electron chi connectivity index (χ4n) is 2.25. The van der Waals surface area contributed by atoms with Gasteiger partial charge in [-0.3, -0.25) is 19.3 Å². The van der Waals surface area contributed by atoms with Crippen molar-refractivity contribution in [3.8, 4) is 0 Å². The highest BCUT2D eigenvalue weighted by Crippen LogP contribution is 2.24. The minimum Gasteiger partial charge on any atom is -0.322 e. The van der Waals surface area contributed by atoms with Crippen molar-refractivity contribution in [2.45, 2.75) is 6.54 Å². The van der Waals surface area contributed by atoms with Gasteiger partial charge >= 0.3 is 0 Å². The molecule has 25 heavy (non-hydrogen) atoms. The van der Waals surface area contributed by atoms with Crippen LogP contribution in [0.15, 0.2) is 42.5 Å². The van der Waals surface area contributed by atoms with Crippen LogP contribution in [0.1, 0.15) is 15.9 Å². The van der Waals surface area contributed by atoms with Crippen molar-refractivity contribution < 1.29 is 14.4 Å². The molecule has 1 N–H and O–H groups in total. The summed E-state index contributed by atoms with van der Waals surface area (Å²) >= 11 is 12.8. The molecular formula is C17H12Cl2N2O3S. The van der Waals surface area contributed by atoms with E-state index in [0.29, 0.717) is 21.3 Å². The molecule has 1 heterocycles. The molecule has 0 radical (unpaired) electrons. The molecule has 0 saturated carbocycles. The molecule has 0 bridgehead atoms. The van der Waals surface area contributed by atoms with Gasteiger partial charge in [0.2, 0.25) is 5.91 Å². The van der Waals surface area contributed by atoms with Gasteiger partial charge in [0.25, 0.3) is 11.1 Å². The molecule has 1 aliphatic rings. The minimum absolute atomic E-state index is 0.188. The van der Waals surface area contributed by atoms with Crippen LogP contribution in [-0.2, 0) is 11.3 Å². The second-order valence-electron chi connectivity index (χ2n) is 5.31. The maximum Gasteiger partial charge on any atom is 0.289 e. The molecule has 3 amide bonds. The van der Waals surface area contributed by atoms with Gasteiger partial charge in [0, 0.05) is 11.3 Å². The Morgan fingerprint density at radius 1 is 1.08 bits per heavy atom. The molecule has 3 rings (SSSR count). The topological polar surface area (TPSA) is 66.5 Å². The smallest absolute Gasteiger partial charge is 0.289 e. The lowest BCUT2D eigenvalue weighted by Crippen LogP contribution is -2.27. The Morgan fingerprint density at radius 2 is 1.80 bits per heavy atom. The van der Waals surface area contributed by atoms with Gasteiger partial charge in [0.05, 0.1) is 22.3 Å². The molecule has 0 atom stereocenters. The van der Waals surface area contributed by atoms with E-state index in [9.17, 15) is 14.4 Å². The number of anilines is 1. The van der Waals surface area contributed by atoms with E-state index in [-0.39, 0.29) is 29.4 Å². The van der Waals surface area contributed by atoms with Crippen LogP contribution in [0.4, 0.5) is 10.5 Å². The van der Waals surface area contributed by atoms with E-state index in [2.05, 4.69) is 5.32 Å². The Hall–Kier alpha value is -2.02. The molecule has 2 aromatic carbocycles. The summed E-state index contributed by atoms with van der Waals surface area (Å²) in [5.74, 6) is -0.309. The van der Waals surface area contributed by atoms with Crippen molar-refractivity contribution in [2.24, 2.45) is 0 Å². The van der Waals surface area contributed by atoms with Gasteiger partial charge in [-0.1, -0.05) is 47.1 Å². The molecule has 0 spiro atoms. The number of halogens is 2. The third-order valence-corrected chi connectivity index (χ3v) is 5.17. The number of nitrogens with one attached hydrogen (secondary N) is 1. The van der Waals surface area contributed by atoms with Gasteiger partial charge in [0.15, 0.2) is 0 Å². The van der Waals surface area contributed by atoms with Gasteiger partial charge < -0.3 is 5.32 Å². The number of amides is 3. The molecule has 8 heteroatoms. The Kier molecular flexibility index (Phi) is 5.32. The van der Waals surface area contributed by atoms with E-state index in [1.54, 1.807) is 36.4 Å². The molecule has 0 aliphatic carbocycles. The average molecular weight is 395 g/mol. The first-order chi connectivity index (χ1) is 11.9. The monoisotopic (exact) mass is 394 g/mol. The Bertz CT molecular complexity index is 839. The first-order valence-corrected chi connectivity index (χ1v) is 9.00. The zero-order valence-electron chi connectivity index (χ0n) is 12.8. The summed E-state index contributed by atoms with van der Waals surface area (Å²) in [5.41, 5.74) is 1.79. The summed E-state index contributed by atoms with van der Waals surface area (Å²) in [4.78, 5) is 36.6. The summed E-state index contributed by atoms with van der Waals surface area (Å²) < 4.78 is 0. The Labute approximate surface area is 158 Å². The number of imide groups is 1. The molecule has 1 saturated heterocycles. The fourth-order valence-corrected chi connectivity index (χ4v) is 3.27. The summed E-state index contributed by atoms with van der Waals surface area (Å²) in [5, 5.41) is 3.21. The van der Waals surface area contributed by atoms with Crippen LogP contribution in [0.3, 0.4) is 0 Å². The second-order valence-corrected chi connectivity index (χ2v) is 7.06. The van der Waals surface area contributed by atoms with Crippen LogP contribution in [0.2, 0.25) is 10.0 Å². The number of benzene rings is 2. The highest BCUT2D eigenvalue weighted by atomic mass is 35.5. The first-order valence-electron chi connectivity index (χ1n) is 7.26. The molecule has 0 aromatic heterocycles. The van der Waals surface area contributed by atoms with Crippen molar-refractivity contribution in [3.63, 3.8) is 0 Å². The normalized spacial score (nSPS) is 14.1. The highest BCUT2D eigenvalue weighted by molar-refractivity contribution is 8.14. The average Bonchev–Trinajstić information content (AvgIpc) is 2.91. The van der Waals surface area contributed by atoms with Crippen molar-refractivity contribution >= 4 is 57.7 Å². The Balaban J connectivity index is 1.66. The standard InChI is InChI=1S/C17H12Cl2N2O3S/c18-13-6-3-11(7-14(13)19)16(23)20-12-4-1-10(2-5-12)8-21-15(22)9-25-17(21)24/h1-7H,8-9H2,(H,20,23). The van der Waals surface area contributed by atoms with E-state index < -0.39 is 0 Å². The Morgan fingerprint density at radius 3 is 2.40 bits per heavy atom. The van der Waals surface area contributed by atoms with Gasteiger partial charge in [-0.05, 0) is 35.9 Å². The maximum absolute atomic E-state index is 12.2. The predicted molar refractivity (Wildman–Crippen MR) is 99.3 cm³/mol. The zero-order valence-corrected chi connectivity index (χ0v) is 15.1. The minimum atomic E-state index is -0.312. The molecule has 1 fully saturated rings. The van der Waals surface area contributed by atoms with Crippen molar-refractivity contribution in [1.82, 2.24) is 4.90 Å². The molecule has 1 aliphatic heterocycles. The summed E-state index contributed by atoms with van der Waals surface area (Å²) in [6, 6.07) is 11.6. The third kappa shape index (κ3) is 4.15. The zero-order chi connectivity index (χ0) is 18.0. The summed E-state index contributed by atoms with van der Waals surface area (Å²) in [6.07, 6.45) is 0. The first kappa shape index (κ1) is 17.8. The lowest BCUT2D eigenvalue weighted by molar-refractivity contribution is -0.125. The van der Waals surface area contributed by atoms with Crippen molar-refractivity contribution in [1.29, 1.82) is 0 Å². The van der Waals surface area contributed by atoms with E-state index in [1.807, 2.05) is 0 Å². The van der Waals surface area contributed by atoms with E-state index in [0.717, 1.165) is 17.3 Å². The van der Waals surface area contributed by atoms with Gasteiger partial charge in [0.1, 0.15) is 0 Å². The summed E-state index contributed by atoms with van der Waals surface area (Å²) in [7, 11) is 0. The van der Waals surface area contributed by atoms with Crippen LogP contribution in [0.5, 0.6) is 0 Å².